The van der Waals surface area contributed by atoms with Gasteiger partial charge in [0.25, 0.3) is 0 Å². The number of imidazole rings is 1. The highest BCUT2D eigenvalue weighted by Crippen LogP contribution is 2.38. The predicted molar refractivity (Wildman–Crippen MR) is 167 cm³/mol. The molecule has 0 fully saturated rings. The SMILES string of the molecule is c1ccc(-c2cccc(-n3c4ccccc4c4cc5nc6c7ccccc7c7ccccc7n6c5cc43)c2)cc1. The quantitative estimate of drug-likeness (QED) is 0.213. The minimum Gasteiger partial charge on any atom is -0.309 e. The zero-order valence-electron chi connectivity index (χ0n) is 21.6. The summed E-state index contributed by atoms with van der Waals surface area (Å²) in [7, 11) is 0. The lowest BCUT2D eigenvalue weighted by Crippen LogP contribution is -1.95. The van der Waals surface area contributed by atoms with E-state index in [1.165, 1.54) is 54.6 Å². The Kier molecular flexibility index (Phi) is 4.33. The summed E-state index contributed by atoms with van der Waals surface area (Å²) in [6.07, 6.45) is 0. The van der Waals surface area contributed by atoms with Gasteiger partial charge in [-0.25, -0.2) is 4.98 Å². The van der Waals surface area contributed by atoms with Crippen LogP contribution in [-0.4, -0.2) is 14.0 Å². The minimum atomic E-state index is 0.999. The Labute approximate surface area is 230 Å². The van der Waals surface area contributed by atoms with E-state index < -0.39 is 0 Å². The van der Waals surface area contributed by atoms with Crippen LogP contribution in [0.25, 0.3) is 77.0 Å². The lowest BCUT2D eigenvalue weighted by atomic mass is 10.1. The Hall–Kier alpha value is -5.41. The molecule has 40 heavy (non-hydrogen) atoms. The molecule has 0 aliphatic heterocycles. The van der Waals surface area contributed by atoms with Gasteiger partial charge in [-0.3, -0.25) is 4.40 Å². The number of fused-ring (bicyclic) bond motifs is 11. The van der Waals surface area contributed by atoms with Gasteiger partial charge in [0.1, 0.15) is 5.65 Å². The molecule has 0 saturated heterocycles. The summed E-state index contributed by atoms with van der Waals surface area (Å²) in [5, 5.41) is 6.09. The van der Waals surface area contributed by atoms with Crippen molar-refractivity contribution in [2.45, 2.75) is 0 Å². The lowest BCUT2D eigenvalue weighted by molar-refractivity contribution is 1.18. The Bertz CT molecular complexity index is 2430. The van der Waals surface area contributed by atoms with Crippen molar-refractivity contribution in [2.75, 3.05) is 0 Å². The molecule has 0 N–H and O–H groups in total. The maximum absolute atomic E-state index is 5.24. The summed E-state index contributed by atoms with van der Waals surface area (Å²) in [6, 6.07) is 50.0. The molecule has 9 aromatic rings. The number of pyridine rings is 1. The van der Waals surface area contributed by atoms with Gasteiger partial charge in [-0.15, -0.1) is 0 Å². The third-order valence-electron chi connectivity index (χ3n) is 8.26. The van der Waals surface area contributed by atoms with Gasteiger partial charge in [0.2, 0.25) is 0 Å². The first kappa shape index (κ1) is 21.5. The highest BCUT2D eigenvalue weighted by molar-refractivity contribution is 6.17. The second kappa shape index (κ2) is 8.05. The van der Waals surface area contributed by atoms with Crippen LogP contribution in [0.4, 0.5) is 0 Å². The number of hydrogen-bond acceptors (Lipinski definition) is 1. The molecule has 9 rings (SSSR count). The molecule has 0 aliphatic carbocycles. The molecule has 3 heteroatoms. The van der Waals surface area contributed by atoms with Crippen molar-refractivity contribution in [3.8, 4) is 16.8 Å². The van der Waals surface area contributed by atoms with Crippen molar-refractivity contribution in [2.24, 2.45) is 0 Å². The van der Waals surface area contributed by atoms with Crippen LogP contribution in [0.1, 0.15) is 0 Å². The molecule has 0 bridgehead atoms. The molecule has 0 atom stereocenters. The largest absolute Gasteiger partial charge is 0.309 e. The zero-order chi connectivity index (χ0) is 26.2. The molecule has 3 aromatic heterocycles. The van der Waals surface area contributed by atoms with Gasteiger partial charge in [0.15, 0.2) is 0 Å². The van der Waals surface area contributed by atoms with E-state index >= 15 is 0 Å². The van der Waals surface area contributed by atoms with Crippen molar-refractivity contribution in [1.82, 2.24) is 14.0 Å². The van der Waals surface area contributed by atoms with E-state index in [4.69, 9.17) is 4.98 Å². The van der Waals surface area contributed by atoms with Gasteiger partial charge in [-0.05, 0) is 52.9 Å². The van der Waals surface area contributed by atoms with Gasteiger partial charge in [0, 0.05) is 27.2 Å². The molecule has 3 nitrogen and oxygen atoms in total. The highest BCUT2D eigenvalue weighted by Gasteiger charge is 2.18. The molecule has 0 amide bonds. The van der Waals surface area contributed by atoms with Gasteiger partial charge >= 0.3 is 0 Å². The number of rotatable bonds is 2. The Morgan fingerprint density at radius 3 is 1.88 bits per heavy atom. The Morgan fingerprint density at radius 2 is 1.05 bits per heavy atom. The molecule has 0 radical (unpaired) electrons. The summed E-state index contributed by atoms with van der Waals surface area (Å²) in [5.74, 6) is 0. The normalized spacial score (nSPS) is 12.0. The molecule has 3 heterocycles. The molecule has 0 unspecified atom stereocenters. The topological polar surface area (TPSA) is 22.2 Å². The van der Waals surface area contributed by atoms with Gasteiger partial charge < -0.3 is 4.57 Å². The summed E-state index contributed by atoms with van der Waals surface area (Å²) < 4.78 is 4.74. The van der Waals surface area contributed by atoms with Crippen LogP contribution in [0.2, 0.25) is 0 Å². The Morgan fingerprint density at radius 1 is 0.400 bits per heavy atom. The fourth-order valence-electron chi connectivity index (χ4n) is 6.51. The average molecular weight is 510 g/mol. The molecule has 0 spiro atoms. The number of aromatic nitrogens is 3. The van der Waals surface area contributed by atoms with E-state index in [0.717, 1.165) is 22.4 Å². The predicted octanol–water partition coefficient (Wildman–Crippen LogP) is 9.56. The maximum atomic E-state index is 5.24. The molecular weight excluding hydrogens is 486 g/mol. The van der Waals surface area contributed by atoms with Crippen LogP contribution in [0, 0.1) is 0 Å². The first-order chi connectivity index (χ1) is 19.8. The van der Waals surface area contributed by atoms with Crippen molar-refractivity contribution in [1.29, 1.82) is 0 Å². The standard InChI is InChI=1S/C37H23N3/c1-2-11-24(12-3-1)25-13-10-14-26(21-25)39-33-19-8-7-17-29(33)31-22-32-36(23-35(31)39)40-34-20-9-6-16-28(34)27-15-4-5-18-30(27)37(40)38-32/h1-23H. The molecule has 6 aromatic carbocycles. The fraction of sp³-hybridized carbons (Fsp3) is 0. The second-order valence-electron chi connectivity index (χ2n) is 10.5. The van der Waals surface area contributed by atoms with E-state index in [-0.39, 0.29) is 0 Å². The second-order valence-corrected chi connectivity index (χ2v) is 10.5. The van der Waals surface area contributed by atoms with Crippen LogP contribution >= 0.6 is 0 Å². The monoisotopic (exact) mass is 509 g/mol. The first-order valence-corrected chi connectivity index (χ1v) is 13.7. The van der Waals surface area contributed by atoms with Crippen molar-refractivity contribution in [3.05, 3.63) is 140 Å². The third kappa shape index (κ3) is 2.92. The van der Waals surface area contributed by atoms with E-state index in [2.05, 4.69) is 148 Å². The van der Waals surface area contributed by atoms with E-state index in [1.54, 1.807) is 0 Å². The number of nitrogens with zero attached hydrogens (tertiary/aromatic N) is 3. The lowest BCUT2D eigenvalue weighted by Gasteiger charge is -2.11. The summed E-state index contributed by atoms with van der Waals surface area (Å²) in [5.41, 5.74) is 10.2. The number of benzene rings is 6. The van der Waals surface area contributed by atoms with E-state index in [0.29, 0.717) is 0 Å². The summed E-state index contributed by atoms with van der Waals surface area (Å²) in [4.78, 5) is 5.24. The zero-order valence-corrected chi connectivity index (χ0v) is 21.6. The maximum Gasteiger partial charge on any atom is 0.146 e. The van der Waals surface area contributed by atoms with E-state index in [1.807, 2.05) is 0 Å². The van der Waals surface area contributed by atoms with Crippen LogP contribution in [0.15, 0.2) is 140 Å². The minimum absolute atomic E-state index is 0.999. The highest BCUT2D eigenvalue weighted by atomic mass is 15.0. The molecule has 186 valence electrons. The van der Waals surface area contributed by atoms with Gasteiger partial charge in [-0.1, -0.05) is 103 Å². The van der Waals surface area contributed by atoms with Crippen LogP contribution in [0.3, 0.4) is 0 Å². The summed E-state index contributed by atoms with van der Waals surface area (Å²) >= 11 is 0. The average Bonchev–Trinajstić information content (AvgIpc) is 3.56. The van der Waals surface area contributed by atoms with E-state index in [9.17, 15) is 0 Å². The fourth-order valence-corrected chi connectivity index (χ4v) is 6.51. The number of para-hydroxylation sites is 2. The smallest absolute Gasteiger partial charge is 0.146 e. The van der Waals surface area contributed by atoms with Crippen LogP contribution in [-0.2, 0) is 0 Å². The molecular formula is C37H23N3. The van der Waals surface area contributed by atoms with Crippen LogP contribution < -0.4 is 0 Å². The van der Waals surface area contributed by atoms with Crippen LogP contribution in [0.5, 0.6) is 0 Å². The van der Waals surface area contributed by atoms with Crippen molar-refractivity contribution in [3.63, 3.8) is 0 Å². The Balaban J connectivity index is 1.43. The first-order valence-electron chi connectivity index (χ1n) is 13.7. The van der Waals surface area contributed by atoms with Crippen molar-refractivity contribution >= 4 is 60.2 Å². The van der Waals surface area contributed by atoms with Gasteiger partial charge in [0.05, 0.1) is 27.6 Å². The molecule has 0 aliphatic rings. The number of hydrogen-bond donors (Lipinski definition) is 0. The molecule has 0 saturated carbocycles. The summed E-state index contributed by atoms with van der Waals surface area (Å²) in [6.45, 7) is 0. The van der Waals surface area contributed by atoms with Crippen molar-refractivity contribution < 1.29 is 0 Å². The third-order valence-corrected chi connectivity index (χ3v) is 8.26. The van der Waals surface area contributed by atoms with Gasteiger partial charge in [-0.2, -0.15) is 0 Å².